The molecule has 1 saturated heterocycles. The summed E-state index contributed by atoms with van der Waals surface area (Å²) in [6.07, 6.45) is 2.21. The number of nitrogens with one attached hydrogen (secondary N) is 1. The van der Waals surface area contributed by atoms with Gasteiger partial charge < -0.3 is 5.11 Å². The lowest BCUT2D eigenvalue weighted by Gasteiger charge is -2.20. The Kier molecular flexibility index (Phi) is 3.47. The van der Waals surface area contributed by atoms with Gasteiger partial charge in [-0.3, -0.25) is 10.3 Å². The van der Waals surface area contributed by atoms with Crippen LogP contribution in [-0.2, 0) is 6.54 Å². The Morgan fingerprint density at radius 2 is 2.47 bits per heavy atom. The fourth-order valence-electron chi connectivity index (χ4n) is 1.86. The van der Waals surface area contributed by atoms with E-state index < -0.39 is 0 Å². The zero-order chi connectivity index (χ0) is 10.7. The largest absolute Gasteiger partial charge is 0.395 e. The number of nitrogens with two attached hydrogens (primary N) is 1. The number of hydrogen-bond donors (Lipinski definition) is 3. The number of nitrogens with zero attached hydrogens (tertiary/aromatic N) is 3. The van der Waals surface area contributed by atoms with E-state index in [1.807, 2.05) is 0 Å². The smallest absolute Gasteiger partial charge is 0.219 e. The summed E-state index contributed by atoms with van der Waals surface area (Å²) in [5.41, 5.74) is 2.47. The summed E-state index contributed by atoms with van der Waals surface area (Å²) in [7, 11) is 0. The maximum atomic E-state index is 9.16. The van der Waals surface area contributed by atoms with Gasteiger partial charge in [-0.25, -0.2) is 5.84 Å². The molecular weight excluding hydrogens is 214 g/mol. The van der Waals surface area contributed by atoms with E-state index in [0.717, 1.165) is 30.9 Å². The van der Waals surface area contributed by atoms with Crippen LogP contribution in [0.15, 0.2) is 0 Å². The van der Waals surface area contributed by atoms with Crippen molar-refractivity contribution in [1.82, 2.24) is 15.1 Å². The molecule has 1 atom stereocenters. The van der Waals surface area contributed by atoms with Gasteiger partial charge in [-0.15, -0.1) is 10.2 Å². The van der Waals surface area contributed by atoms with Gasteiger partial charge in [0.1, 0.15) is 5.01 Å². The molecule has 15 heavy (non-hydrogen) atoms. The number of likely N-dealkylation sites (tertiary alicyclic amines) is 1. The van der Waals surface area contributed by atoms with Crippen LogP contribution in [0.5, 0.6) is 0 Å². The molecular formula is C8H15N5OS. The van der Waals surface area contributed by atoms with Crippen molar-refractivity contribution in [2.24, 2.45) is 5.84 Å². The predicted octanol–water partition coefficient (Wildman–Crippen LogP) is -0.220. The number of aliphatic hydroxyl groups excluding tert-OH is 1. The molecule has 7 heteroatoms. The fraction of sp³-hybridized carbons (Fsp3) is 0.750. The molecule has 1 aliphatic heterocycles. The molecule has 0 bridgehead atoms. The molecule has 4 N–H and O–H groups in total. The molecule has 1 fully saturated rings. The fourth-order valence-corrected chi connectivity index (χ4v) is 2.54. The van der Waals surface area contributed by atoms with Crippen molar-refractivity contribution < 1.29 is 5.11 Å². The summed E-state index contributed by atoms with van der Waals surface area (Å²) in [5.74, 6) is 5.23. The second-order valence-electron chi connectivity index (χ2n) is 3.59. The molecule has 1 unspecified atom stereocenters. The van der Waals surface area contributed by atoms with Crippen LogP contribution in [0, 0.1) is 0 Å². The minimum absolute atomic E-state index is 0.223. The topological polar surface area (TPSA) is 87.3 Å². The van der Waals surface area contributed by atoms with Crippen LogP contribution in [0.3, 0.4) is 0 Å². The molecule has 1 aliphatic rings. The van der Waals surface area contributed by atoms with Crippen LogP contribution in [0.2, 0.25) is 0 Å². The Morgan fingerprint density at radius 1 is 1.60 bits per heavy atom. The van der Waals surface area contributed by atoms with Crippen LogP contribution in [0.1, 0.15) is 17.8 Å². The lowest BCUT2D eigenvalue weighted by atomic mass is 10.2. The number of aromatic nitrogens is 2. The van der Waals surface area contributed by atoms with E-state index in [9.17, 15) is 0 Å². The summed E-state index contributed by atoms with van der Waals surface area (Å²) in [4.78, 5) is 2.24. The van der Waals surface area contributed by atoms with Crippen molar-refractivity contribution >= 4 is 16.5 Å². The SMILES string of the molecule is NNc1nnc(CN2CCCC2CO)s1. The summed E-state index contributed by atoms with van der Waals surface area (Å²) in [5, 5.41) is 18.6. The first-order valence-corrected chi connectivity index (χ1v) is 5.79. The summed E-state index contributed by atoms with van der Waals surface area (Å²) in [6.45, 7) is 2.00. The molecule has 0 saturated carbocycles. The van der Waals surface area contributed by atoms with Gasteiger partial charge in [0, 0.05) is 6.04 Å². The minimum atomic E-state index is 0.223. The minimum Gasteiger partial charge on any atom is -0.395 e. The number of rotatable bonds is 4. The number of aliphatic hydroxyl groups is 1. The molecule has 2 rings (SSSR count). The number of anilines is 1. The number of hydrazine groups is 1. The quantitative estimate of drug-likeness (QED) is 0.489. The Balaban J connectivity index is 1.95. The summed E-state index contributed by atoms with van der Waals surface area (Å²) < 4.78 is 0. The molecule has 6 nitrogen and oxygen atoms in total. The standard InChI is InChI=1S/C8H15N5OS/c9-10-8-12-11-7(15-8)4-13-3-1-2-6(13)5-14/h6,14H,1-5,9H2,(H,10,12). The van der Waals surface area contributed by atoms with Crippen molar-refractivity contribution in [2.45, 2.75) is 25.4 Å². The third-order valence-corrected chi connectivity index (χ3v) is 3.48. The third kappa shape index (κ3) is 2.43. The van der Waals surface area contributed by atoms with Gasteiger partial charge in [0.2, 0.25) is 5.13 Å². The molecule has 2 heterocycles. The van der Waals surface area contributed by atoms with Gasteiger partial charge >= 0.3 is 0 Å². The Hall–Kier alpha value is -0.760. The van der Waals surface area contributed by atoms with Gasteiger partial charge in [-0.05, 0) is 19.4 Å². The van der Waals surface area contributed by atoms with Crippen molar-refractivity contribution in [3.63, 3.8) is 0 Å². The maximum Gasteiger partial charge on any atom is 0.219 e. The third-order valence-electron chi connectivity index (χ3n) is 2.64. The Morgan fingerprint density at radius 3 is 3.13 bits per heavy atom. The van der Waals surface area contributed by atoms with Crippen molar-refractivity contribution in [1.29, 1.82) is 0 Å². The van der Waals surface area contributed by atoms with E-state index in [1.54, 1.807) is 0 Å². The van der Waals surface area contributed by atoms with Gasteiger partial charge in [-0.2, -0.15) is 0 Å². The van der Waals surface area contributed by atoms with Crippen LogP contribution in [-0.4, -0.2) is 39.4 Å². The van der Waals surface area contributed by atoms with Crippen LogP contribution < -0.4 is 11.3 Å². The highest BCUT2D eigenvalue weighted by Crippen LogP contribution is 2.22. The first-order chi connectivity index (χ1) is 7.33. The van der Waals surface area contributed by atoms with Gasteiger partial charge in [0.05, 0.1) is 13.2 Å². The van der Waals surface area contributed by atoms with E-state index >= 15 is 0 Å². The lowest BCUT2D eigenvalue weighted by Crippen LogP contribution is -2.31. The van der Waals surface area contributed by atoms with E-state index in [2.05, 4.69) is 20.5 Å². The zero-order valence-corrected chi connectivity index (χ0v) is 9.20. The second-order valence-corrected chi connectivity index (χ2v) is 4.66. The molecule has 0 spiro atoms. The molecule has 1 aromatic heterocycles. The molecule has 0 aliphatic carbocycles. The van der Waals surface area contributed by atoms with E-state index in [1.165, 1.54) is 11.3 Å². The highest BCUT2D eigenvalue weighted by atomic mass is 32.1. The molecule has 0 radical (unpaired) electrons. The Bertz CT molecular complexity index is 318. The van der Waals surface area contributed by atoms with Crippen LogP contribution in [0.4, 0.5) is 5.13 Å². The average molecular weight is 229 g/mol. The molecule has 0 amide bonds. The van der Waals surface area contributed by atoms with Crippen LogP contribution >= 0.6 is 11.3 Å². The van der Waals surface area contributed by atoms with Crippen LogP contribution in [0.25, 0.3) is 0 Å². The predicted molar refractivity (Wildman–Crippen MR) is 58.2 cm³/mol. The van der Waals surface area contributed by atoms with Gasteiger partial charge in [0.15, 0.2) is 0 Å². The van der Waals surface area contributed by atoms with Crippen molar-refractivity contribution in [3.8, 4) is 0 Å². The van der Waals surface area contributed by atoms with E-state index in [-0.39, 0.29) is 12.6 Å². The number of hydrogen-bond acceptors (Lipinski definition) is 7. The van der Waals surface area contributed by atoms with Gasteiger partial charge in [0.25, 0.3) is 0 Å². The first-order valence-electron chi connectivity index (χ1n) is 4.97. The monoisotopic (exact) mass is 229 g/mol. The van der Waals surface area contributed by atoms with E-state index in [4.69, 9.17) is 10.9 Å². The zero-order valence-electron chi connectivity index (χ0n) is 8.39. The summed E-state index contributed by atoms with van der Waals surface area (Å²) >= 11 is 1.45. The second kappa shape index (κ2) is 4.84. The highest BCUT2D eigenvalue weighted by molar-refractivity contribution is 7.15. The summed E-state index contributed by atoms with van der Waals surface area (Å²) in [6, 6.07) is 0.281. The molecule has 84 valence electrons. The normalized spacial score (nSPS) is 22.1. The lowest BCUT2D eigenvalue weighted by molar-refractivity contribution is 0.153. The number of nitrogen functional groups attached to an aromatic ring is 1. The average Bonchev–Trinajstić information content (AvgIpc) is 2.87. The maximum absolute atomic E-state index is 9.16. The highest BCUT2D eigenvalue weighted by Gasteiger charge is 2.24. The van der Waals surface area contributed by atoms with E-state index in [0.29, 0.717) is 5.13 Å². The molecule has 0 aromatic carbocycles. The van der Waals surface area contributed by atoms with Gasteiger partial charge in [-0.1, -0.05) is 11.3 Å². The van der Waals surface area contributed by atoms with Crippen molar-refractivity contribution in [3.05, 3.63) is 5.01 Å². The first kappa shape index (κ1) is 10.7. The molecule has 1 aromatic rings. The van der Waals surface area contributed by atoms with Crippen molar-refractivity contribution in [2.75, 3.05) is 18.6 Å². The Labute approximate surface area is 92.1 Å².